The molecule has 0 saturated heterocycles. The molecule has 0 heterocycles. The highest BCUT2D eigenvalue weighted by molar-refractivity contribution is 6.21. The van der Waals surface area contributed by atoms with Crippen molar-refractivity contribution < 1.29 is 5.11 Å². The molecule has 70 valence electrons. The Morgan fingerprint density at radius 2 is 2.08 bits per heavy atom. The maximum absolute atomic E-state index is 9.64. The number of alkyl halides is 1. The fourth-order valence-corrected chi connectivity index (χ4v) is 2.16. The first-order chi connectivity index (χ1) is 6.20. The molecule has 0 aliphatic heterocycles. The zero-order valence-electron chi connectivity index (χ0n) is 7.15. The molecule has 3 N–H and O–H groups in total. The molecule has 0 radical (unpaired) electrons. The molecule has 0 bridgehead atoms. The van der Waals surface area contributed by atoms with Gasteiger partial charge in [0, 0.05) is 6.04 Å². The predicted octanol–water partition coefficient (Wildman–Crippen LogP) is 1.21. The largest absolute Gasteiger partial charge is 0.390 e. The third kappa shape index (κ3) is 1.46. The molecular weight excluding hydrogens is 186 g/mol. The lowest BCUT2D eigenvalue weighted by Gasteiger charge is -2.30. The summed E-state index contributed by atoms with van der Waals surface area (Å²) in [6.45, 7) is 0. The minimum atomic E-state index is -0.628. The molecule has 3 atom stereocenters. The van der Waals surface area contributed by atoms with Crippen molar-refractivity contribution in [2.24, 2.45) is 5.73 Å². The molecule has 0 spiro atoms. The Bertz CT molecular complexity index is 316. The maximum atomic E-state index is 9.64. The average molecular weight is 198 g/mol. The van der Waals surface area contributed by atoms with Crippen molar-refractivity contribution in [3.05, 3.63) is 35.4 Å². The minimum absolute atomic E-state index is 0.239. The molecule has 2 rings (SSSR count). The van der Waals surface area contributed by atoms with Crippen molar-refractivity contribution in [1.82, 2.24) is 0 Å². The lowest BCUT2D eigenvalue weighted by atomic mass is 9.86. The number of fused-ring (bicyclic) bond motifs is 1. The van der Waals surface area contributed by atoms with Crippen molar-refractivity contribution in [2.75, 3.05) is 0 Å². The zero-order chi connectivity index (χ0) is 9.42. The van der Waals surface area contributed by atoms with Gasteiger partial charge < -0.3 is 10.8 Å². The van der Waals surface area contributed by atoms with Crippen molar-refractivity contribution in [2.45, 2.75) is 23.9 Å². The molecule has 1 aliphatic carbocycles. The molecule has 13 heavy (non-hydrogen) atoms. The van der Waals surface area contributed by atoms with Crippen LogP contribution in [0, 0.1) is 0 Å². The second-order valence-electron chi connectivity index (χ2n) is 3.46. The highest BCUT2D eigenvalue weighted by Gasteiger charge is 2.31. The van der Waals surface area contributed by atoms with Crippen LogP contribution >= 0.6 is 11.6 Å². The quantitative estimate of drug-likeness (QED) is 0.615. The van der Waals surface area contributed by atoms with Crippen LogP contribution in [-0.2, 0) is 6.42 Å². The standard InChI is InChI=1S/C10H12ClNO/c11-9-7-4-2-1-3-6(7)5-8(12)10(9)13/h1-4,8-10,13H,5,12H2. The van der Waals surface area contributed by atoms with Crippen LogP contribution in [0.2, 0.25) is 0 Å². The van der Waals surface area contributed by atoms with Gasteiger partial charge in [0.05, 0.1) is 11.5 Å². The van der Waals surface area contributed by atoms with Gasteiger partial charge in [0.1, 0.15) is 0 Å². The van der Waals surface area contributed by atoms with E-state index in [9.17, 15) is 5.11 Å². The Kier molecular flexibility index (Phi) is 2.28. The second kappa shape index (κ2) is 3.29. The lowest BCUT2D eigenvalue weighted by molar-refractivity contribution is 0.132. The number of hydrogen-bond donors (Lipinski definition) is 2. The highest BCUT2D eigenvalue weighted by atomic mass is 35.5. The first-order valence-electron chi connectivity index (χ1n) is 4.35. The van der Waals surface area contributed by atoms with Gasteiger partial charge in [-0.25, -0.2) is 0 Å². The van der Waals surface area contributed by atoms with E-state index in [0.717, 1.165) is 11.1 Å². The molecule has 1 aromatic rings. The average Bonchev–Trinajstić information content (AvgIpc) is 2.15. The molecule has 0 fully saturated rings. The van der Waals surface area contributed by atoms with E-state index in [2.05, 4.69) is 0 Å². The first kappa shape index (κ1) is 9.00. The van der Waals surface area contributed by atoms with E-state index >= 15 is 0 Å². The van der Waals surface area contributed by atoms with Crippen molar-refractivity contribution in [3.63, 3.8) is 0 Å². The van der Waals surface area contributed by atoms with Crippen LogP contribution in [0.4, 0.5) is 0 Å². The smallest absolute Gasteiger partial charge is 0.0898 e. The van der Waals surface area contributed by atoms with Crippen molar-refractivity contribution >= 4 is 11.6 Å². The summed E-state index contributed by atoms with van der Waals surface area (Å²) in [5.41, 5.74) is 7.91. The van der Waals surface area contributed by atoms with Gasteiger partial charge in [0.25, 0.3) is 0 Å². The summed E-state index contributed by atoms with van der Waals surface area (Å²) in [6, 6.07) is 7.61. The summed E-state index contributed by atoms with van der Waals surface area (Å²) < 4.78 is 0. The number of aliphatic hydroxyl groups excluding tert-OH is 1. The molecule has 0 aromatic heterocycles. The number of rotatable bonds is 0. The fraction of sp³-hybridized carbons (Fsp3) is 0.400. The lowest BCUT2D eigenvalue weighted by Crippen LogP contribution is -2.42. The van der Waals surface area contributed by atoms with Gasteiger partial charge in [0.15, 0.2) is 0 Å². The van der Waals surface area contributed by atoms with Crippen molar-refractivity contribution in [1.29, 1.82) is 0 Å². The van der Waals surface area contributed by atoms with Crippen LogP contribution in [0.5, 0.6) is 0 Å². The third-order valence-corrected chi connectivity index (χ3v) is 3.04. The Morgan fingerprint density at radius 1 is 1.38 bits per heavy atom. The van der Waals surface area contributed by atoms with E-state index in [1.165, 1.54) is 0 Å². The Morgan fingerprint density at radius 3 is 2.85 bits per heavy atom. The summed E-state index contributed by atoms with van der Waals surface area (Å²) in [5.74, 6) is 0. The van der Waals surface area contributed by atoms with E-state index in [1.807, 2.05) is 24.3 Å². The minimum Gasteiger partial charge on any atom is -0.390 e. The Hall–Kier alpha value is -0.570. The summed E-state index contributed by atoms with van der Waals surface area (Å²) in [6.07, 6.45) is 0.0807. The summed E-state index contributed by atoms with van der Waals surface area (Å²) in [4.78, 5) is 0. The van der Waals surface area contributed by atoms with Crippen LogP contribution in [0.3, 0.4) is 0 Å². The molecule has 3 heteroatoms. The number of benzene rings is 1. The van der Waals surface area contributed by atoms with Crippen LogP contribution in [0.25, 0.3) is 0 Å². The van der Waals surface area contributed by atoms with Gasteiger partial charge in [0.2, 0.25) is 0 Å². The molecule has 1 aromatic carbocycles. The van der Waals surface area contributed by atoms with Crippen LogP contribution in [0.15, 0.2) is 24.3 Å². The van der Waals surface area contributed by atoms with E-state index in [4.69, 9.17) is 17.3 Å². The number of nitrogens with two attached hydrogens (primary N) is 1. The Labute approximate surface area is 82.3 Å². The predicted molar refractivity (Wildman–Crippen MR) is 52.7 cm³/mol. The summed E-state index contributed by atoms with van der Waals surface area (Å²) in [7, 11) is 0. The topological polar surface area (TPSA) is 46.2 Å². The van der Waals surface area contributed by atoms with Crippen molar-refractivity contribution in [3.8, 4) is 0 Å². The number of hydrogen-bond acceptors (Lipinski definition) is 2. The number of halogens is 1. The third-order valence-electron chi connectivity index (χ3n) is 2.55. The molecule has 3 unspecified atom stereocenters. The van der Waals surface area contributed by atoms with E-state index in [-0.39, 0.29) is 11.4 Å². The summed E-state index contributed by atoms with van der Waals surface area (Å²) >= 11 is 6.06. The monoisotopic (exact) mass is 197 g/mol. The summed E-state index contributed by atoms with van der Waals surface area (Å²) in [5, 5.41) is 9.27. The SMILES string of the molecule is NC1Cc2ccccc2C(Cl)C1O. The maximum Gasteiger partial charge on any atom is 0.0898 e. The van der Waals surface area contributed by atoms with E-state index in [0.29, 0.717) is 6.42 Å². The first-order valence-corrected chi connectivity index (χ1v) is 4.79. The second-order valence-corrected chi connectivity index (χ2v) is 3.93. The number of aliphatic hydroxyl groups is 1. The van der Waals surface area contributed by atoms with Gasteiger partial charge >= 0.3 is 0 Å². The van der Waals surface area contributed by atoms with Crippen LogP contribution < -0.4 is 5.73 Å². The molecule has 0 saturated carbocycles. The zero-order valence-corrected chi connectivity index (χ0v) is 7.91. The van der Waals surface area contributed by atoms with E-state index < -0.39 is 6.10 Å². The van der Waals surface area contributed by atoms with Gasteiger partial charge in [-0.05, 0) is 17.5 Å². The van der Waals surface area contributed by atoms with Crippen LogP contribution in [-0.4, -0.2) is 17.3 Å². The van der Waals surface area contributed by atoms with Crippen LogP contribution in [0.1, 0.15) is 16.5 Å². The molecule has 2 nitrogen and oxygen atoms in total. The fourth-order valence-electron chi connectivity index (χ4n) is 1.76. The van der Waals surface area contributed by atoms with Gasteiger partial charge in [-0.15, -0.1) is 11.6 Å². The highest BCUT2D eigenvalue weighted by Crippen LogP contribution is 2.33. The van der Waals surface area contributed by atoms with Gasteiger partial charge in [-0.2, -0.15) is 0 Å². The normalized spacial score (nSPS) is 32.7. The van der Waals surface area contributed by atoms with Gasteiger partial charge in [-0.1, -0.05) is 24.3 Å². The van der Waals surface area contributed by atoms with E-state index in [1.54, 1.807) is 0 Å². The molecule has 1 aliphatic rings. The Balaban J connectivity index is 2.43. The molecule has 0 amide bonds. The molecular formula is C10H12ClNO. The van der Waals surface area contributed by atoms with Gasteiger partial charge in [-0.3, -0.25) is 0 Å².